The zero-order valence-electron chi connectivity index (χ0n) is 8.93. The Morgan fingerprint density at radius 3 is 1.13 bits per heavy atom. The average Bonchev–Trinajstić information content (AvgIpc) is 2.08. The van der Waals surface area contributed by atoms with Crippen molar-refractivity contribution in [3.8, 4) is 0 Å². The molecular formula is C10H18O5. The molecule has 88 valence electrons. The summed E-state index contributed by atoms with van der Waals surface area (Å²) in [5, 5.41) is 15.7. The van der Waals surface area contributed by atoms with E-state index < -0.39 is 11.9 Å². The van der Waals surface area contributed by atoms with E-state index in [2.05, 4.69) is 13.2 Å². The van der Waals surface area contributed by atoms with Crippen LogP contribution in [-0.2, 0) is 9.59 Å². The Balaban J connectivity index is -0.0000000653. The number of carboxylic acid groups (broad SMARTS) is 2. The van der Waals surface area contributed by atoms with Gasteiger partial charge in [0.1, 0.15) is 0 Å². The number of allylic oxidation sites excluding steroid dienone is 2. The van der Waals surface area contributed by atoms with E-state index in [-0.39, 0.29) is 5.48 Å². The van der Waals surface area contributed by atoms with Crippen LogP contribution >= 0.6 is 0 Å². The van der Waals surface area contributed by atoms with Gasteiger partial charge in [-0.1, -0.05) is 12.2 Å². The molecule has 0 amide bonds. The highest BCUT2D eigenvalue weighted by Gasteiger charge is 1.77. The first-order valence-corrected chi connectivity index (χ1v) is 3.75. The van der Waals surface area contributed by atoms with Crippen LogP contribution in [0.5, 0.6) is 0 Å². The van der Waals surface area contributed by atoms with Crippen molar-refractivity contribution in [3.05, 3.63) is 37.5 Å². The van der Waals surface area contributed by atoms with E-state index in [1.807, 2.05) is 0 Å². The lowest BCUT2D eigenvalue weighted by Crippen LogP contribution is -1.83. The van der Waals surface area contributed by atoms with Crippen molar-refractivity contribution in [2.24, 2.45) is 0 Å². The normalized spacial score (nSPS) is 7.87. The third-order valence-corrected chi connectivity index (χ3v) is 0.618. The molecule has 0 unspecified atom stereocenters. The molecule has 0 aliphatic heterocycles. The molecule has 0 aliphatic carbocycles. The van der Waals surface area contributed by atoms with Crippen LogP contribution in [-0.4, -0.2) is 27.6 Å². The molecule has 5 nitrogen and oxygen atoms in total. The summed E-state index contributed by atoms with van der Waals surface area (Å²) in [4.78, 5) is 19.0. The lowest BCUT2D eigenvalue weighted by molar-refractivity contribution is -0.132. The zero-order valence-corrected chi connectivity index (χ0v) is 8.93. The van der Waals surface area contributed by atoms with Crippen LogP contribution in [0.2, 0.25) is 0 Å². The lowest BCUT2D eigenvalue weighted by Gasteiger charge is -1.68. The van der Waals surface area contributed by atoms with Gasteiger partial charge in [0.15, 0.2) is 0 Å². The highest BCUT2D eigenvalue weighted by atomic mass is 16.4. The highest BCUT2D eigenvalue weighted by Crippen LogP contribution is 1.65. The van der Waals surface area contributed by atoms with Gasteiger partial charge in [-0.15, -0.1) is 13.2 Å². The minimum atomic E-state index is -0.891. The number of carbonyl (C=O) groups is 2. The second kappa shape index (κ2) is 22.7. The van der Waals surface area contributed by atoms with E-state index in [1.165, 1.54) is 12.2 Å². The van der Waals surface area contributed by atoms with Gasteiger partial charge >= 0.3 is 11.9 Å². The summed E-state index contributed by atoms with van der Waals surface area (Å²) in [6.07, 6.45) is 5.12. The van der Waals surface area contributed by atoms with Crippen LogP contribution in [0.1, 0.15) is 13.8 Å². The number of aliphatic carboxylic acids is 2. The first-order valence-electron chi connectivity index (χ1n) is 3.75. The third-order valence-electron chi connectivity index (χ3n) is 0.618. The SMILES string of the molecule is C/C=C/C(=O)O.C/C=C/C(=O)O.C=C.O. The maximum absolute atomic E-state index is 9.51. The van der Waals surface area contributed by atoms with Crippen molar-refractivity contribution in [3.63, 3.8) is 0 Å². The first kappa shape index (κ1) is 23.2. The Hall–Kier alpha value is -1.88. The molecule has 0 saturated heterocycles. The van der Waals surface area contributed by atoms with Gasteiger partial charge in [-0.2, -0.15) is 0 Å². The van der Waals surface area contributed by atoms with E-state index in [0.29, 0.717) is 0 Å². The summed E-state index contributed by atoms with van der Waals surface area (Å²) >= 11 is 0. The molecule has 0 radical (unpaired) electrons. The smallest absolute Gasteiger partial charge is 0.327 e. The van der Waals surface area contributed by atoms with Crippen molar-refractivity contribution in [2.45, 2.75) is 13.8 Å². The molecule has 0 spiro atoms. The monoisotopic (exact) mass is 218 g/mol. The molecule has 0 atom stereocenters. The predicted octanol–water partition coefficient (Wildman–Crippen LogP) is 1.27. The summed E-state index contributed by atoms with van der Waals surface area (Å²) in [5.41, 5.74) is 0. The summed E-state index contributed by atoms with van der Waals surface area (Å²) in [6, 6.07) is 0. The van der Waals surface area contributed by atoms with Crippen molar-refractivity contribution in [1.29, 1.82) is 0 Å². The van der Waals surface area contributed by atoms with Gasteiger partial charge in [-0.3, -0.25) is 0 Å². The minimum Gasteiger partial charge on any atom is -0.478 e. The summed E-state index contributed by atoms with van der Waals surface area (Å²) in [6.45, 7) is 9.32. The quantitative estimate of drug-likeness (QED) is 0.537. The highest BCUT2D eigenvalue weighted by molar-refractivity contribution is 5.79. The molecule has 0 rings (SSSR count). The van der Waals surface area contributed by atoms with Crippen LogP contribution in [0.4, 0.5) is 0 Å². The minimum absolute atomic E-state index is 0. The fourth-order valence-electron chi connectivity index (χ4n) is 0.285. The molecule has 15 heavy (non-hydrogen) atoms. The van der Waals surface area contributed by atoms with Crippen LogP contribution in [0.15, 0.2) is 37.5 Å². The number of hydrogen-bond donors (Lipinski definition) is 2. The number of hydrogen-bond acceptors (Lipinski definition) is 2. The number of carboxylic acids is 2. The maximum Gasteiger partial charge on any atom is 0.327 e. The third kappa shape index (κ3) is 73.1. The average molecular weight is 218 g/mol. The molecule has 0 aromatic carbocycles. The fraction of sp³-hybridized carbons (Fsp3) is 0.200. The van der Waals surface area contributed by atoms with Gasteiger partial charge in [0, 0.05) is 12.2 Å². The van der Waals surface area contributed by atoms with E-state index >= 15 is 0 Å². The van der Waals surface area contributed by atoms with Gasteiger partial charge in [-0.05, 0) is 13.8 Å². The summed E-state index contributed by atoms with van der Waals surface area (Å²) in [5.74, 6) is -1.78. The van der Waals surface area contributed by atoms with Crippen molar-refractivity contribution >= 4 is 11.9 Å². The lowest BCUT2D eigenvalue weighted by atomic mass is 10.5. The van der Waals surface area contributed by atoms with E-state index in [9.17, 15) is 9.59 Å². The van der Waals surface area contributed by atoms with Crippen molar-refractivity contribution < 1.29 is 25.3 Å². The Morgan fingerprint density at radius 2 is 1.13 bits per heavy atom. The van der Waals surface area contributed by atoms with Gasteiger partial charge in [-0.25, -0.2) is 9.59 Å². The van der Waals surface area contributed by atoms with Gasteiger partial charge in [0.25, 0.3) is 0 Å². The molecule has 0 bridgehead atoms. The molecule has 0 fully saturated rings. The Labute approximate surface area is 89.4 Å². The molecule has 0 aromatic rings. The second-order valence-electron chi connectivity index (χ2n) is 1.68. The Morgan fingerprint density at radius 1 is 0.933 bits per heavy atom. The predicted molar refractivity (Wildman–Crippen MR) is 59.8 cm³/mol. The van der Waals surface area contributed by atoms with Crippen LogP contribution in [0, 0.1) is 0 Å². The molecular weight excluding hydrogens is 200 g/mol. The van der Waals surface area contributed by atoms with Crippen LogP contribution < -0.4 is 0 Å². The van der Waals surface area contributed by atoms with Gasteiger partial charge < -0.3 is 15.7 Å². The molecule has 0 aliphatic rings. The van der Waals surface area contributed by atoms with E-state index in [1.54, 1.807) is 13.8 Å². The van der Waals surface area contributed by atoms with Gasteiger partial charge in [0.05, 0.1) is 0 Å². The molecule has 0 aromatic heterocycles. The van der Waals surface area contributed by atoms with E-state index in [0.717, 1.165) is 12.2 Å². The number of rotatable bonds is 2. The molecule has 5 heteroatoms. The van der Waals surface area contributed by atoms with Crippen LogP contribution in [0.25, 0.3) is 0 Å². The summed E-state index contributed by atoms with van der Waals surface area (Å²) in [7, 11) is 0. The van der Waals surface area contributed by atoms with Crippen molar-refractivity contribution in [1.82, 2.24) is 0 Å². The van der Waals surface area contributed by atoms with E-state index in [4.69, 9.17) is 10.2 Å². The second-order valence-corrected chi connectivity index (χ2v) is 1.68. The Kier molecular flexibility index (Phi) is 35.1. The van der Waals surface area contributed by atoms with Gasteiger partial charge in [0.2, 0.25) is 0 Å². The standard InChI is InChI=1S/2C4H6O2.C2H4.H2O/c2*1-2-3-4(5)6;1-2;/h2*2-3H,1H3,(H,5,6);1-2H2;1H2/b2*3-2+;;. The Bertz CT molecular complexity index is 184. The zero-order chi connectivity index (χ0) is 12.0. The topological polar surface area (TPSA) is 106 Å². The maximum atomic E-state index is 9.51. The molecule has 0 saturated carbocycles. The fourth-order valence-corrected chi connectivity index (χ4v) is 0.285. The molecule has 0 heterocycles. The summed E-state index contributed by atoms with van der Waals surface area (Å²) < 4.78 is 0. The van der Waals surface area contributed by atoms with Crippen LogP contribution in [0.3, 0.4) is 0 Å². The van der Waals surface area contributed by atoms with Crippen molar-refractivity contribution in [2.75, 3.05) is 0 Å². The molecule has 4 N–H and O–H groups in total. The first-order chi connectivity index (χ1) is 6.54. The largest absolute Gasteiger partial charge is 0.478 e.